The summed E-state index contributed by atoms with van der Waals surface area (Å²) >= 11 is 0. The maximum atomic E-state index is 12.6. The fraction of sp³-hybridized carbons (Fsp3) is 0.378. The first-order valence-corrected chi connectivity index (χ1v) is 15.2. The van der Waals surface area contributed by atoms with E-state index in [1.165, 1.54) is 27.8 Å². The van der Waals surface area contributed by atoms with Gasteiger partial charge in [-0.25, -0.2) is 4.79 Å². The molecule has 5 rings (SSSR count). The van der Waals surface area contributed by atoms with E-state index in [4.69, 9.17) is 14.2 Å². The number of piperazine rings is 1. The van der Waals surface area contributed by atoms with Crippen LogP contribution in [-0.2, 0) is 17.8 Å². The Labute approximate surface area is 256 Å². The zero-order valence-electron chi connectivity index (χ0n) is 26.4. The molecule has 2 aliphatic rings. The van der Waals surface area contributed by atoms with Gasteiger partial charge in [0.25, 0.3) is 0 Å². The second-order valence-electron chi connectivity index (χ2n) is 12.3. The van der Waals surface area contributed by atoms with Gasteiger partial charge < -0.3 is 24.0 Å². The van der Waals surface area contributed by atoms with E-state index < -0.39 is 5.60 Å². The first kappa shape index (κ1) is 30.3. The summed E-state index contributed by atoms with van der Waals surface area (Å²) in [5, 5.41) is 0. The van der Waals surface area contributed by atoms with Crippen molar-refractivity contribution in [1.82, 2.24) is 4.90 Å². The molecular formula is C37H44N2O4. The van der Waals surface area contributed by atoms with Crippen LogP contribution in [0.3, 0.4) is 0 Å². The van der Waals surface area contributed by atoms with Gasteiger partial charge in [-0.3, -0.25) is 0 Å². The maximum Gasteiger partial charge on any atom is 0.410 e. The van der Waals surface area contributed by atoms with Crippen molar-refractivity contribution >= 4 is 17.4 Å². The van der Waals surface area contributed by atoms with Gasteiger partial charge in [0.1, 0.15) is 23.7 Å². The minimum Gasteiger partial charge on any atom is -0.496 e. The number of anilines is 1. The lowest BCUT2D eigenvalue weighted by Crippen LogP contribution is -2.50. The SMILES string of the molecule is C/C=C(\C)C1=C(c2ccc(N3CCN(C(=O)OC(C)(C)C)CC3)cc2OC)c2ccc(OCc3ccccc3)cc2CC1. The molecule has 1 fully saturated rings. The van der Waals surface area contributed by atoms with E-state index in [-0.39, 0.29) is 6.09 Å². The van der Waals surface area contributed by atoms with Crippen LogP contribution in [0.25, 0.3) is 5.57 Å². The molecule has 6 nitrogen and oxygen atoms in total. The Morgan fingerprint density at radius 2 is 1.63 bits per heavy atom. The third kappa shape index (κ3) is 7.07. The minimum absolute atomic E-state index is 0.247. The summed E-state index contributed by atoms with van der Waals surface area (Å²) < 4.78 is 17.8. The van der Waals surface area contributed by atoms with E-state index in [0.29, 0.717) is 19.7 Å². The van der Waals surface area contributed by atoms with Crippen molar-refractivity contribution in [3.63, 3.8) is 0 Å². The van der Waals surface area contributed by atoms with E-state index >= 15 is 0 Å². The summed E-state index contributed by atoms with van der Waals surface area (Å²) in [5.74, 6) is 1.74. The molecule has 3 aromatic rings. The number of nitrogens with zero attached hydrogens (tertiary/aromatic N) is 2. The van der Waals surface area contributed by atoms with Crippen LogP contribution in [0.15, 0.2) is 84.0 Å². The predicted molar refractivity (Wildman–Crippen MR) is 174 cm³/mol. The molecule has 1 aliphatic heterocycles. The first-order valence-electron chi connectivity index (χ1n) is 15.2. The van der Waals surface area contributed by atoms with E-state index in [0.717, 1.165) is 54.2 Å². The quantitative estimate of drug-likeness (QED) is 0.283. The van der Waals surface area contributed by atoms with Crippen LogP contribution in [0.5, 0.6) is 11.5 Å². The number of rotatable bonds is 7. The number of methoxy groups -OCH3 is 1. The number of amides is 1. The van der Waals surface area contributed by atoms with Crippen LogP contribution in [-0.4, -0.2) is 49.9 Å². The molecule has 226 valence electrons. The van der Waals surface area contributed by atoms with Crippen molar-refractivity contribution in [1.29, 1.82) is 0 Å². The molecule has 1 amide bonds. The Kier molecular flexibility index (Phi) is 9.14. The summed E-state index contributed by atoms with van der Waals surface area (Å²) in [6, 6.07) is 23.3. The molecule has 0 unspecified atom stereocenters. The second-order valence-corrected chi connectivity index (χ2v) is 12.3. The highest BCUT2D eigenvalue weighted by molar-refractivity contribution is 5.90. The lowest BCUT2D eigenvalue weighted by molar-refractivity contribution is 0.0240. The molecule has 1 aliphatic carbocycles. The number of benzene rings is 3. The zero-order chi connectivity index (χ0) is 30.6. The number of ether oxygens (including phenoxy) is 3. The van der Waals surface area contributed by atoms with Gasteiger partial charge in [-0.15, -0.1) is 0 Å². The molecule has 1 heterocycles. The molecule has 0 atom stereocenters. The highest BCUT2D eigenvalue weighted by Gasteiger charge is 2.28. The van der Waals surface area contributed by atoms with Gasteiger partial charge in [0.2, 0.25) is 0 Å². The number of hydrogen-bond acceptors (Lipinski definition) is 5. The molecule has 43 heavy (non-hydrogen) atoms. The molecule has 0 bridgehead atoms. The lowest BCUT2D eigenvalue weighted by Gasteiger charge is -2.37. The molecule has 6 heteroatoms. The Hall–Kier alpha value is -4.19. The van der Waals surface area contributed by atoms with Crippen molar-refractivity contribution in [3.05, 3.63) is 106 Å². The van der Waals surface area contributed by atoms with Crippen molar-refractivity contribution < 1.29 is 19.0 Å². The third-order valence-corrected chi connectivity index (χ3v) is 8.20. The summed E-state index contributed by atoms with van der Waals surface area (Å²) in [5.41, 5.74) is 9.23. The molecule has 0 N–H and O–H groups in total. The number of carbonyl (C=O) groups excluding carboxylic acids is 1. The molecule has 0 saturated carbocycles. The standard InChI is InChI=1S/C37H44N2O4/c1-7-26(2)31-16-13-28-23-30(42-25-27-11-9-8-10-12-27)15-18-32(28)35(31)33-17-14-29(24-34(33)41-6)38-19-21-39(22-20-38)36(40)43-37(3,4)5/h7-12,14-15,17-18,23-24H,13,16,19-22,25H2,1-6H3/b26-7+. The normalized spacial score (nSPS) is 15.7. The Morgan fingerprint density at radius 1 is 0.907 bits per heavy atom. The Morgan fingerprint density at radius 3 is 2.30 bits per heavy atom. The van der Waals surface area contributed by atoms with E-state index in [1.54, 1.807) is 12.0 Å². The lowest BCUT2D eigenvalue weighted by atomic mass is 9.79. The fourth-order valence-corrected chi connectivity index (χ4v) is 5.83. The Bertz CT molecular complexity index is 1510. The van der Waals surface area contributed by atoms with Crippen LogP contribution in [0.4, 0.5) is 10.5 Å². The smallest absolute Gasteiger partial charge is 0.410 e. The van der Waals surface area contributed by atoms with Crippen LogP contribution in [0, 0.1) is 0 Å². The molecule has 0 radical (unpaired) electrons. The number of allylic oxidation sites excluding steroid dienone is 3. The summed E-state index contributed by atoms with van der Waals surface area (Å²) in [6.45, 7) is 13.3. The topological polar surface area (TPSA) is 51.2 Å². The number of aryl methyl sites for hydroxylation is 1. The largest absolute Gasteiger partial charge is 0.496 e. The molecule has 0 spiro atoms. The van der Waals surface area contributed by atoms with E-state index in [1.807, 2.05) is 39.0 Å². The fourth-order valence-electron chi connectivity index (χ4n) is 5.83. The minimum atomic E-state index is -0.495. The van der Waals surface area contributed by atoms with Crippen LogP contribution in [0.1, 0.15) is 63.3 Å². The van der Waals surface area contributed by atoms with E-state index in [2.05, 4.69) is 73.4 Å². The summed E-state index contributed by atoms with van der Waals surface area (Å²) in [6.07, 6.45) is 3.87. The van der Waals surface area contributed by atoms with Crippen molar-refractivity contribution in [2.45, 2.75) is 59.7 Å². The maximum absolute atomic E-state index is 12.6. The number of fused-ring (bicyclic) bond motifs is 1. The van der Waals surface area contributed by atoms with E-state index in [9.17, 15) is 4.79 Å². The van der Waals surface area contributed by atoms with Gasteiger partial charge >= 0.3 is 6.09 Å². The van der Waals surface area contributed by atoms with Crippen LogP contribution in [0.2, 0.25) is 0 Å². The van der Waals surface area contributed by atoms with Crippen molar-refractivity contribution in [2.75, 3.05) is 38.2 Å². The monoisotopic (exact) mass is 580 g/mol. The molecule has 0 aromatic heterocycles. The predicted octanol–water partition coefficient (Wildman–Crippen LogP) is 8.05. The molecule has 1 saturated heterocycles. The summed E-state index contributed by atoms with van der Waals surface area (Å²) in [4.78, 5) is 16.7. The van der Waals surface area contributed by atoms with Gasteiger partial charge in [-0.05, 0) is 99.6 Å². The van der Waals surface area contributed by atoms with Crippen LogP contribution >= 0.6 is 0 Å². The molecular weight excluding hydrogens is 536 g/mol. The number of carbonyl (C=O) groups is 1. The zero-order valence-corrected chi connectivity index (χ0v) is 26.4. The average molecular weight is 581 g/mol. The van der Waals surface area contributed by atoms with Crippen molar-refractivity contribution in [3.8, 4) is 11.5 Å². The number of hydrogen-bond donors (Lipinski definition) is 0. The average Bonchev–Trinajstić information content (AvgIpc) is 3.02. The Balaban J connectivity index is 1.40. The van der Waals surface area contributed by atoms with Gasteiger partial charge in [-0.2, -0.15) is 0 Å². The van der Waals surface area contributed by atoms with Crippen molar-refractivity contribution in [2.24, 2.45) is 0 Å². The third-order valence-electron chi connectivity index (χ3n) is 8.20. The van der Waals surface area contributed by atoms with Gasteiger partial charge in [0, 0.05) is 43.5 Å². The van der Waals surface area contributed by atoms with Gasteiger partial charge in [-0.1, -0.05) is 48.0 Å². The molecule has 3 aromatic carbocycles. The van der Waals surface area contributed by atoms with Gasteiger partial charge in [0.15, 0.2) is 0 Å². The second kappa shape index (κ2) is 13.0. The first-order chi connectivity index (χ1) is 20.7. The highest BCUT2D eigenvalue weighted by atomic mass is 16.6. The summed E-state index contributed by atoms with van der Waals surface area (Å²) in [7, 11) is 1.75. The van der Waals surface area contributed by atoms with Gasteiger partial charge in [0.05, 0.1) is 7.11 Å². The highest BCUT2D eigenvalue weighted by Crippen LogP contribution is 2.44. The van der Waals surface area contributed by atoms with Crippen LogP contribution < -0.4 is 14.4 Å².